The highest BCUT2D eigenvalue weighted by molar-refractivity contribution is 6.45. The zero-order valence-electron chi connectivity index (χ0n) is 39.8. The summed E-state index contributed by atoms with van der Waals surface area (Å²) in [5, 5.41) is 27.4. The minimum Gasteiger partial charge on any atom is -0.437 e. The van der Waals surface area contributed by atoms with E-state index in [2.05, 4.69) is 66.2 Å². The number of nitrogens with zero attached hydrogens (tertiary/aromatic N) is 8. The van der Waals surface area contributed by atoms with Crippen LogP contribution in [0.3, 0.4) is 0 Å². The van der Waals surface area contributed by atoms with Crippen LogP contribution < -0.4 is 5.32 Å². The van der Waals surface area contributed by atoms with Crippen LogP contribution in [0.25, 0.3) is 89.2 Å². The lowest BCUT2D eigenvalue weighted by atomic mass is 9.84. The molecule has 0 bridgehead atoms. The molecule has 0 saturated carbocycles. The Balaban J connectivity index is 0.000000169. The number of ether oxygens (including phenoxy) is 1. The van der Waals surface area contributed by atoms with Crippen molar-refractivity contribution in [3.8, 4) is 45.3 Å². The quantitative estimate of drug-likeness (QED) is 0.0586. The third kappa shape index (κ3) is 9.28. The zero-order valence-corrected chi connectivity index (χ0v) is 39.8. The summed E-state index contributed by atoms with van der Waals surface area (Å²) >= 11 is 0. The maximum Gasteiger partial charge on any atom is 0.376 e. The molecule has 1 aliphatic heterocycles. The van der Waals surface area contributed by atoms with E-state index in [1.165, 1.54) is 12.1 Å². The van der Waals surface area contributed by atoms with Crippen LogP contribution >= 0.6 is 0 Å². The van der Waals surface area contributed by atoms with E-state index in [1.54, 1.807) is 6.82 Å². The molecule has 19 heteroatoms. The lowest BCUT2D eigenvalue weighted by Gasteiger charge is -2.23. The van der Waals surface area contributed by atoms with Crippen molar-refractivity contribution in [3.63, 3.8) is 0 Å². The molecule has 10 aromatic rings. The summed E-state index contributed by atoms with van der Waals surface area (Å²) in [6.07, 6.45) is 10.1. The molecule has 1 aliphatic rings. The van der Waals surface area contributed by atoms with Gasteiger partial charge in [0.25, 0.3) is 0 Å². The van der Waals surface area contributed by atoms with Crippen LogP contribution in [0.4, 0.5) is 17.6 Å². The van der Waals surface area contributed by atoms with Crippen LogP contribution in [0.15, 0.2) is 85.5 Å². The Labute approximate surface area is 406 Å². The van der Waals surface area contributed by atoms with E-state index in [-0.39, 0.29) is 28.3 Å². The van der Waals surface area contributed by atoms with Gasteiger partial charge in [0.1, 0.15) is 34.1 Å². The highest BCUT2D eigenvalue weighted by Crippen LogP contribution is 2.37. The van der Waals surface area contributed by atoms with E-state index in [1.807, 2.05) is 77.6 Å². The normalized spacial score (nSPS) is 14.0. The van der Waals surface area contributed by atoms with Gasteiger partial charge in [0.15, 0.2) is 29.5 Å². The van der Waals surface area contributed by atoms with Gasteiger partial charge in [-0.25, -0.2) is 32.2 Å². The topological polar surface area (TPSA) is 174 Å². The molecule has 0 radical (unpaired) electrons. The first kappa shape index (κ1) is 47.4. The molecule has 71 heavy (non-hydrogen) atoms. The van der Waals surface area contributed by atoms with Crippen molar-refractivity contribution < 1.29 is 27.3 Å². The van der Waals surface area contributed by atoms with E-state index in [9.17, 15) is 22.6 Å². The molecule has 0 spiro atoms. The molecule has 362 valence electrons. The van der Waals surface area contributed by atoms with Crippen molar-refractivity contribution in [1.82, 2.24) is 60.0 Å². The van der Waals surface area contributed by atoms with Gasteiger partial charge < -0.3 is 29.9 Å². The van der Waals surface area contributed by atoms with Gasteiger partial charge in [0, 0.05) is 78.5 Å². The lowest BCUT2D eigenvalue weighted by Crippen LogP contribution is -2.36. The number of benzene rings is 4. The smallest absolute Gasteiger partial charge is 0.376 e. The fourth-order valence-corrected chi connectivity index (χ4v) is 9.33. The monoisotopic (exact) mass is 962 g/mol. The summed E-state index contributed by atoms with van der Waals surface area (Å²) in [7, 11) is -0.568. The minimum atomic E-state index is -0.727. The predicted octanol–water partition coefficient (Wildman–Crippen LogP) is 10.7. The Morgan fingerprint density at radius 1 is 0.761 bits per heavy atom. The first-order chi connectivity index (χ1) is 34.4. The maximum absolute atomic E-state index is 14.5. The number of rotatable bonds is 12. The van der Waals surface area contributed by atoms with Crippen molar-refractivity contribution >= 4 is 50.9 Å². The number of hydrogen-bond acceptors (Lipinski definition) is 10. The summed E-state index contributed by atoms with van der Waals surface area (Å²) in [5.41, 5.74) is 11.8. The van der Waals surface area contributed by atoms with Gasteiger partial charge in [-0.1, -0.05) is 26.0 Å². The Bertz CT molecular complexity index is 3580. The first-order valence-electron chi connectivity index (χ1n) is 23.7. The van der Waals surface area contributed by atoms with Gasteiger partial charge >= 0.3 is 7.05 Å². The molecule has 7 heterocycles. The Morgan fingerprint density at radius 2 is 1.38 bits per heavy atom. The molecule has 14 nitrogen and oxygen atoms in total. The van der Waals surface area contributed by atoms with Gasteiger partial charge in [-0.05, 0) is 123 Å². The molecular formula is C52H51BF4N12O2. The third-order valence-electron chi connectivity index (χ3n) is 13.3. The number of nitrogens with one attached hydrogen (secondary N) is 4. The van der Waals surface area contributed by atoms with Crippen LogP contribution in [0.2, 0.25) is 6.82 Å². The van der Waals surface area contributed by atoms with Crippen molar-refractivity contribution in [2.45, 2.75) is 73.1 Å². The molecule has 5 N–H and O–H groups in total. The molecule has 1 saturated heterocycles. The number of aromatic nitrogens is 10. The van der Waals surface area contributed by atoms with Crippen LogP contribution in [-0.2, 0) is 17.8 Å². The number of pyridine rings is 2. The number of aromatic amines is 3. The van der Waals surface area contributed by atoms with Crippen LogP contribution in [0, 0.1) is 37.1 Å². The van der Waals surface area contributed by atoms with E-state index >= 15 is 0 Å². The fraction of sp³-hybridized carbons (Fsp3) is 0.269. The highest BCUT2D eigenvalue weighted by atomic mass is 19.1. The number of H-pyrrole nitrogens is 3. The maximum atomic E-state index is 14.5. The number of hydrogen-bond donors (Lipinski definition) is 5. The second kappa shape index (κ2) is 19.8. The summed E-state index contributed by atoms with van der Waals surface area (Å²) in [6.45, 7) is 13.6. The minimum absolute atomic E-state index is 0.0653. The summed E-state index contributed by atoms with van der Waals surface area (Å²) in [6, 6.07) is 16.2. The average molecular weight is 963 g/mol. The van der Waals surface area contributed by atoms with Crippen molar-refractivity contribution in [2.24, 2.45) is 0 Å². The molecule has 1 fully saturated rings. The van der Waals surface area contributed by atoms with E-state index in [4.69, 9.17) is 9.84 Å². The van der Waals surface area contributed by atoms with E-state index < -0.39 is 30.3 Å². The Morgan fingerprint density at radius 3 is 2.00 bits per heavy atom. The Kier molecular flexibility index (Phi) is 13.2. The van der Waals surface area contributed by atoms with Gasteiger partial charge in [0.05, 0.1) is 22.1 Å². The largest absolute Gasteiger partial charge is 0.437 e. The molecule has 6 aromatic heterocycles. The third-order valence-corrected chi connectivity index (χ3v) is 13.3. The molecule has 1 unspecified atom stereocenters. The average Bonchev–Trinajstić information content (AvgIpc) is 4.18. The summed E-state index contributed by atoms with van der Waals surface area (Å²) in [4.78, 5) is 25.7. The van der Waals surface area contributed by atoms with Crippen LogP contribution in [-0.4, -0.2) is 86.5 Å². The first-order valence-corrected chi connectivity index (χ1v) is 23.7. The van der Waals surface area contributed by atoms with Crippen molar-refractivity contribution in [2.75, 3.05) is 19.7 Å². The number of imidazole rings is 2. The number of halogens is 4. The van der Waals surface area contributed by atoms with Gasteiger partial charge in [-0.2, -0.15) is 10.2 Å². The predicted molar refractivity (Wildman–Crippen MR) is 268 cm³/mol. The van der Waals surface area contributed by atoms with Crippen molar-refractivity contribution in [1.29, 1.82) is 0 Å². The van der Waals surface area contributed by atoms with Gasteiger partial charge in [-0.15, -0.1) is 0 Å². The van der Waals surface area contributed by atoms with Gasteiger partial charge in [0.2, 0.25) is 0 Å². The molecule has 0 amide bonds. The molecule has 4 aromatic carbocycles. The molecule has 11 rings (SSSR count). The Hall–Kier alpha value is -7.32. The summed E-state index contributed by atoms with van der Waals surface area (Å²) in [5.74, 6) is -2.04. The van der Waals surface area contributed by atoms with E-state index in [0.717, 1.165) is 111 Å². The van der Waals surface area contributed by atoms with Crippen LogP contribution in [0.5, 0.6) is 0 Å². The van der Waals surface area contributed by atoms with Crippen LogP contribution in [0.1, 0.15) is 61.6 Å². The lowest BCUT2D eigenvalue weighted by molar-refractivity contribution is -0.0365. The zero-order chi connectivity index (χ0) is 49.5. The fourth-order valence-electron chi connectivity index (χ4n) is 9.33. The van der Waals surface area contributed by atoms with Crippen molar-refractivity contribution in [3.05, 3.63) is 131 Å². The second-order valence-corrected chi connectivity index (χ2v) is 17.8. The second-order valence-electron chi connectivity index (χ2n) is 17.8. The van der Waals surface area contributed by atoms with Gasteiger partial charge in [-0.3, -0.25) is 15.1 Å². The van der Waals surface area contributed by atoms with E-state index in [0.29, 0.717) is 42.7 Å². The molecule has 0 aliphatic carbocycles. The highest BCUT2D eigenvalue weighted by Gasteiger charge is 2.25. The SMILES string of the molecule is CCN(Cc1cncc(-c2ccc3c(c2)c(-c2nc4c(F)cc(F)cc4[nH]2)nn3C2CCCCO2)c1C)B(C)O.CCNCc1cncc(-c2ccc3[nH]nc(-c4nc5c(F)cc(F)cc5[nH]4)c3c2)c1C. The number of fused-ring (bicyclic) bond motifs is 4. The standard InChI is InChI=1S/C29H31BF2N6O2.C23H20F2N6/c1-4-37(30(3)39)16-19-14-33-15-22(17(19)2)18-8-9-25-21(11-18)27(36-38(25)26-7-5-6-10-40-26)29-34-24-13-20(31)12-23(32)28(24)35-29;1-3-26-9-14-10-27-11-17(12(14)2)13-4-5-19-16(6-13)21(31-30-19)23-28-20-8-15(24)7-18(25)22(20)29-23/h8-9,11-15,26,39H,4-7,10,16H2,1-3H3,(H,34,35);4-8,10-11,26H,3,9H2,1-2H3,(H,28,29)(H,30,31). The summed E-state index contributed by atoms with van der Waals surface area (Å²) < 4.78 is 64.1. The molecular weight excluding hydrogens is 911 g/mol. The molecule has 1 atom stereocenters.